The number of aromatic nitrogens is 1. The lowest BCUT2D eigenvalue weighted by Crippen LogP contribution is -2.35. The van der Waals surface area contributed by atoms with Crippen molar-refractivity contribution in [1.82, 2.24) is 9.88 Å². The molecule has 0 aliphatic rings. The lowest BCUT2D eigenvalue weighted by molar-refractivity contribution is 0.0976. The maximum atomic E-state index is 12.5. The number of nitrogens with one attached hydrogen (secondary N) is 1. The number of halogens is 1. The fourth-order valence-electron chi connectivity index (χ4n) is 2.41. The van der Waals surface area contributed by atoms with Gasteiger partial charge in [-0.05, 0) is 47.8 Å². The summed E-state index contributed by atoms with van der Waals surface area (Å²) >= 11 is 3.26. The van der Waals surface area contributed by atoms with Crippen molar-refractivity contribution in [2.75, 3.05) is 17.8 Å². The molecule has 7 nitrogen and oxygen atoms in total. The number of carbonyl (C=O) groups is 1. The Morgan fingerprint density at radius 2 is 2.00 bits per heavy atom. The van der Waals surface area contributed by atoms with Crippen molar-refractivity contribution in [3.8, 4) is 0 Å². The van der Waals surface area contributed by atoms with E-state index in [1.165, 1.54) is 11.1 Å². The molecular weight excluding hydrogens is 446 g/mol. The van der Waals surface area contributed by atoms with Gasteiger partial charge in [-0.3, -0.25) is 9.71 Å². The van der Waals surface area contributed by atoms with E-state index in [4.69, 9.17) is 4.74 Å². The van der Waals surface area contributed by atoms with Crippen LogP contribution in [-0.2, 0) is 21.4 Å². The van der Waals surface area contributed by atoms with Crippen molar-refractivity contribution in [3.05, 3.63) is 58.8 Å². The van der Waals surface area contributed by atoms with E-state index < -0.39 is 21.4 Å². The van der Waals surface area contributed by atoms with Crippen molar-refractivity contribution in [1.29, 1.82) is 0 Å². The van der Waals surface area contributed by atoms with Gasteiger partial charge in [0.2, 0.25) is 10.0 Å². The molecule has 1 amide bonds. The highest BCUT2D eigenvalue weighted by atomic mass is 79.9. The maximum Gasteiger partial charge on any atom is 0.410 e. The van der Waals surface area contributed by atoms with Gasteiger partial charge >= 0.3 is 6.09 Å². The fourth-order valence-corrected chi connectivity index (χ4v) is 3.84. The summed E-state index contributed by atoms with van der Waals surface area (Å²) in [7, 11) is -3.60. The number of carbonyl (C=O) groups excluding carboxylic acids is 1. The zero-order valence-corrected chi connectivity index (χ0v) is 18.2. The fraction of sp³-hybridized carbons (Fsp3) is 0.368. The molecule has 1 aromatic heterocycles. The Balaban J connectivity index is 1.87. The molecule has 1 aromatic carbocycles. The van der Waals surface area contributed by atoms with Crippen molar-refractivity contribution in [3.63, 3.8) is 0 Å². The summed E-state index contributed by atoms with van der Waals surface area (Å²) in [5.41, 5.74) is 1.28. The number of sulfonamides is 1. The van der Waals surface area contributed by atoms with Gasteiger partial charge in [-0.25, -0.2) is 13.2 Å². The van der Waals surface area contributed by atoms with Crippen LogP contribution in [0.15, 0.2) is 53.3 Å². The monoisotopic (exact) mass is 469 g/mol. The molecule has 0 saturated carbocycles. The summed E-state index contributed by atoms with van der Waals surface area (Å²) < 4.78 is 33.5. The second-order valence-corrected chi connectivity index (χ2v) is 9.27. The predicted molar refractivity (Wildman–Crippen MR) is 112 cm³/mol. The summed E-state index contributed by atoms with van der Waals surface area (Å²) in [6, 6.07) is 11.0. The Bertz CT molecular complexity index is 878. The maximum absolute atomic E-state index is 12.5. The Hall–Kier alpha value is -2.13. The zero-order chi connectivity index (χ0) is 20.6. The molecule has 0 spiro atoms. The molecule has 1 unspecified atom stereocenters. The van der Waals surface area contributed by atoms with Crippen LogP contribution >= 0.6 is 15.9 Å². The average molecular weight is 470 g/mol. The second-order valence-electron chi connectivity index (χ2n) is 6.26. The molecule has 2 rings (SSSR count). The average Bonchev–Trinajstić information content (AvgIpc) is 2.67. The molecule has 0 radical (unpaired) electrons. The minimum absolute atomic E-state index is 0.182. The number of benzene rings is 1. The zero-order valence-electron chi connectivity index (χ0n) is 15.8. The van der Waals surface area contributed by atoms with Crippen LogP contribution in [0.5, 0.6) is 0 Å². The number of rotatable bonds is 9. The minimum atomic E-state index is -3.60. The first-order valence-corrected chi connectivity index (χ1v) is 11.2. The summed E-state index contributed by atoms with van der Waals surface area (Å²) in [5.74, 6) is 0. The summed E-state index contributed by atoms with van der Waals surface area (Å²) in [4.78, 5) is 17.7. The molecule has 0 fully saturated rings. The first-order chi connectivity index (χ1) is 13.3. The van der Waals surface area contributed by atoms with Crippen LogP contribution in [-0.4, -0.2) is 42.7 Å². The second kappa shape index (κ2) is 10.4. The van der Waals surface area contributed by atoms with Crippen LogP contribution in [0.4, 0.5) is 10.5 Å². The summed E-state index contributed by atoms with van der Waals surface area (Å²) in [6.45, 7) is 4.33. The van der Waals surface area contributed by atoms with Crippen LogP contribution < -0.4 is 4.72 Å². The van der Waals surface area contributed by atoms with E-state index in [2.05, 4.69) is 25.6 Å². The third-order valence-electron chi connectivity index (χ3n) is 4.15. The number of nitrogens with zero attached hydrogens (tertiary/aromatic N) is 2. The van der Waals surface area contributed by atoms with Gasteiger partial charge in [0.05, 0.1) is 17.1 Å². The predicted octanol–water partition coefficient (Wildman–Crippen LogP) is 4.02. The molecule has 28 heavy (non-hydrogen) atoms. The highest BCUT2D eigenvalue weighted by Crippen LogP contribution is 2.17. The van der Waals surface area contributed by atoms with E-state index in [9.17, 15) is 13.2 Å². The van der Waals surface area contributed by atoms with Gasteiger partial charge in [-0.15, -0.1) is 0 Å². The first-order valence-electron chi connectivity index (χ1n) is 8.89. The van der Waals surface area contributed by atoms with Gasteiger partial charge in [0, 0.05) is 23.8 Å². The third-order valence-corrected chi connectivity index (χ3v) is 6.39. The molecule has 0 aliphatic carbocycles. The van der Waals surface area contributed by atoms with E-state index in [-0.39, 0.29) is 19.6 Å². The molecule has 1 N–H and O–H groups in total. The third kappa shape index (κ3) is 6.79. The molecular formula is C19H24BrN3O4S. The largest absolute Gasteiger partial charge is 0.445 e. The van der Waals surface area contributed by atoms with Crippen molar-refractivity contribution < 1.29 is 17.9 Å². The van der Waals surface area contributed by atoms with E-state index in [0.717, 1.165) is 5.56 Å². The minimum Gasteiger partial charge on any atom is -0.445 e. The first kappa shape index (κ1) is 22.2. The topological polar surface area (TPSA) is 88.6 Å². The summed E-state index contributed by atoms with van der Waals surface area (Å²) in [5, 5.41) is -0.692. The SMILES string of the molecule is CCN(CCC(C)S(=O)(=O)Nc1cncc(Br)c1)C(=O)OCc1ccccc1. The number of hydrogen-bond donors (Lipinski definition) is 1. The highest BCUT2D eigenvalue weighted by Gasteiger charge is 2.23. The van der Waals surface area contributed by atoms with Crippen LogP contribution in [0.2, 0.25) is 0 Å². The normalized spacial score (nSPS) is 12.2. The lowest BCUT2D eigenvalue weighted by atomic mass is 10.2. The molecule has 9 heteroatoms. The number of amides is 1. The molecule has 1 heterocycles. The standard InChI is InChI=1S/C19H24BrN3O4S/c1-3-23(19(24)27-14-16-7-5-4-6-8-16)10-9-15(2)28(25,26)22-18-11-17(20)12-21-13-18/h4-8,11-13,15,22H,3,9-10,14H2,1-2H3. The molecule has 0 aliphatic heterocycles. The van der Waals surface area contributed by atoms with E-state index in [1.807, 2.05) is 37.3 Å². The molecule has 0 saturated heterocycles. The molecule has 152 valence electrons. The van der Waals surface area contributed by atoms with Gasteiger partial charge in [0.15, 0.2) is 0 Å². The van der Waals surface area contributed by atoms with Crippen molar-refractivity contribution >= 4 is 37.7 Å². The van der Waals surface area contributed by atoms with E-state index in [0.29, 0.717) is 16.7 Å². The highest BCUT2D eigenvalue weighted by molar-refractivity contribution is 9.10. The van der Waals surface area contributed by atoms with Gasteiger partial charge in [0.25, 0.3) is 0 Å². The number of anilines is 1. The Morgan fingerprint density at radius 3 is 2.64 bits per heavy atom. The molecule has 0 bridgehead atoms. The van der Waals surface area contributed by atoms with Gasteiger partial charge in [-0.1, -0.05) is 30.3 Å². The molecule has 1 atom stereocenters. The van der Waals surface area contributed by atoms with E-state index in [1.54, 1.807) is 19.2 Å². The Morgan fingerprint density at radius 1 is 1.29 bits per heavy atom. The van der Waals surface area contributed by atoms with Crippen LogP contribution in [0, 0.1) is 0 Å². The Kier molecular flexibility index (Phi) is 8.25. The van der Waals surface area contributed by atoms with Crippen LogP contribution in [0.25, 0.3) is 0 Å². The number of pyridine rings is 1. The van der Waals surface area contributed by atoms with Crippen molar-refractivity contribution in [2.45, 2.75) is 32.1 Å². The van der Waals surface area contributed by atoms with E-state index >= 15 is 0 Å². The van der Waals surface area contributed by atoms with Gasteiger partial charge in [-0.2, -0.15) is 0 Å². The van der Waals surface area contributed by atoms with Gasteiger partial charge < -0.3 is 9.64 Å². The van der Waals surface area contributed by atoms with Crippen LogP contribution in [0.1, 0.15) is 25.8 Å². The quantitative estimate of drug-likeness (QED) is 0.598. The Labute approximate surface area is 174 Å². The van der Waals surface area contributed by atoms with Crippen molar-refractivity contribution in [2.24, 2.45) is 0 Å². The molecule has 2 aromatic rings. The smallest absolute Gasteiger partial charge is 0.410 e. The number of hydrogen-bond acceptors (Lipinski definition) is 5. The lowest BCUT2D eigenvalue weighted by Gasteiger charge is -2.22. The summed E-state index contributed by atoms with van der Waals surface area (Å²) in [6.07, 6.45) is 2.83. The van der Waals surface area contributed by atoms with Gasteiger partial charge in [0.1, 0.15) is 6.61 Å². The number of ether oxygens (including phenoxy) is 1. The van der Waals surface area contributed by atoms with Crippen LogP contribution in [0.3, 0.4) is 0 Å².